The van der Waals surface area contributed by atoms with Crippen molar-refractivity contribution in [2.24, 2.45) is 0 Å². The van der Waals surface area contributed by atoms with Gasteiger partial charge >= 0.3 is 13.5 Å². The van der Waals surface area contributed by atoms with Crippen molar-refractivity contribution in [1.29, 1.82) is 0 Å². The summed E-state index contributed by atoms with van der Waals surface area (Å²) in [7, 11) is 0. The van der Waals surface area contributed by atoms with Gasteiger partial charge in [0.05, 0.1) is 36.9 Å². The van der Waals surface area contributed by atoms with Crippen LogP contribution in [0.4, 0.5) is 10.3 Å². The fourth-order valence-electron chi connectivity index (χ4n) is 5.41. The molecule has 3 saturated heterocycles. The molecule has 4 unspecified atom stereocenters. The van der Waals surface area contributed by atoms with Crippen LogP contribution in [0.1, 0.15) is 12.5 Å². The van der Waals surface area contributed by atoms with Crippen LogP contribution >= 0.6 is 25.8 Å². The summed E-state index contributed by atoms with van der Waals surface area (Å²) < 4.78 is 66.1. The van der Waals surface area contributed by atoms with Crippen molar-refractivity contribution in [3.8, 4) is 0 Å². The molecule has 5 N–H and O–H groups in total. The van der Waals surface area contributed by atoms with Gasteiger partial charge in [-0.25, -0.2) is 18.9 Å². The number of hydrogen-bond acceptors (Lipinski definition) is 14. The summed E-state index contributed by atoms with van der Waals surface area (Å²) in [6.45, 7) is -9.63. The molecule has 3 aliphatic rings. The second-order valence-corrected chi connectivity index (χ2v) is 15.8. The van der Waals surface area contributed by atoms with Crippen molar-refractivity contribution in [3.63, 3.8) is 0 Å². The minimum absolute atomic E-state index is 0.0859. The SMILES string of the molecule is Nc1nc2c(ncn2[C@@H]2O[C@@H]3COP(O)(=S)O[C@@H]4C(O)[C@H](n5cnc6ccccc65)O[C@@H]4COP(=O)(S)OC3[C@@H]2F)c(=O)[nH]1. The van der Waals surface area contributed by atoms with Crippen molar-refractivity contribution in [2.45, 2.75) is 49.1 Å². The van der Waals surface area contributed by atoms with Crippen LogP contribution in [-0.4, -0.2) is 89.0 Å². The number of alkyl halides is 1. The van der Waals surface area contributed by atoms with Crippen LogP contribution in [-0.2, 0) is 43.9 Å². The summed E-state index contributed by atoms with van der Waals surface area (Å²) in [6.07, 6.45) is -8.95. The molecule has 3 aliphatic heterocycles. The molecule has 0 radical (unpaired) electrons. The van der Waals surface area contributed by atoms with Gasteiger partial charge in [0.15, 0.2) is 29.8 Å². The van der Waals surface area contributed by atoms with Crippen molar-refractivity contribution in [2.75, 3.05) is 18.9 Å². The maximum Gasteiger partial charge on any atom is 0.386 e. The molecule has 10 atom stereocenters. The van der Waals surface area contributed by atoms with Gasteiger partial charge < -0.3 is 34.3 Å². The Hall–Kier alpha value is -2.32. The maximum absolute atomic E-state index is 16.0. The average Bonchev–Trinajstić information content (AvgIpc) is 3.72. The number of rotatable bonds is 2. The van der Waals surface area contributed by atoms with Crippen molar-refractivity contribution in [1.82, 2.24) is 29.1 Å². The molecule has 3 fully saturated rings. The minimum Gasteiger partial charge on any atom is -0.386 e. The van der Waals surface area contributed by atoms with Crippen LogP contribution in [0.2, 0.25) is 0 Å². The van der Waals surface area contributed by atoms with Crippen LogP contribution in [0.25, 0.3) is 22.2 Å². The van der Waals surface area contributed by atoms with E-state index in [1.807, 2.05) is 0 Å². The molecule has 0 spiro atoms. The van der Waals surface area contributed by atoms with Crippen molar-refractivity contribution in [3.05, 3.63) is 47.3 Å². The van der Waals surface area contributed by atoms with E-state index in [1.54, 1.807) is 28.8 Å². The molecular formula is C22H24FN7O10P2S2. The molecule has 236 valence electrons. The Morgan fingerprint density at radius 3 is 2.59 bits per heavy atom. The lowest BCUT2D eigenvalue weighted by molar-refractivity contribution is -0.0569. The van der Waals surface area contributed by atoms with Gasteiger partial charge in [-0.15, -0.1) is 0 Å². The van der Waals surface area contributed by atoms with E-state index in [0.717, 1.165) is 10.9 Å². The number of nitrogens with zero attached hydrogens (tertiary/aromatic N) is 5. The number of H-pyrrole nitrogens is 1. The van der Waals surface area contributed by atoms with E-state index in [2.05, 4.69) is 32.2 Å². The molecule has 4 aromatic rings. The molecule has 44 heavy (non-hydrogen) atoms. The first-order valence-electron chi connectivity index (χ1n) is 13.0. The van der Waals surface area contributed by atoms with Gasteiger partial charge in [0.1, 0.15) is 30.5 Å². The molecule has 0 saturated carbocycles. The monoisotopic (exact) mass is 691 g/mol. The maximum atomic E-state index is 16.0. The average molecular weight is 692 g/mol. The number of nitrogen functional groups attached to an aromatic ring is 1. The first-order chi connectivity index (χ1) is 20.9. The topological polar surface area (TPSA) is 220 Å². The molecule has 3 aromatic heterocycles. The number of aromatic amines is 1. The summed E-state index contributed by atoms with van der Waals surface area (Å²) >= 11 is 9.24. The number of aliphatic hydroxyl groups excluding tert-OH is 1. The molecule has 1 aromatic carbocycles. The third kappa shape index (κ3) is 5.42. The van der Waals surface area contributed by atoms with Crippen LogP contribution in [0.15, 0.2) is 41.7 Å². The second kappa shape index (κ2) is 11.2. The molecule has 6 heterocycles. The van der Waals surface area contributed by atoms with E-state index >= 15 is 4.39 Å². The largest absolute Gasteiger partial charge is 0.386 e. The van der Waals surface area contributed by atoms with E-state index in [-0.39, 0.29) is 17.1 Å². The highest BCUT2D eigenvalue weighted by Gasteiger charge is 2.53. The lowest BCUT2D eigenvalue weighted by Gasteiger charge is -2.29. The third-order valence-corrected chi connectivity index (χ3v) is 10.5. The number of aliphatic hydroxyl groups is 1. The number of hydrogen-bond donors (Lipinski definition) is 5. The van der Waals surface area contributed by atoms with Crippen LogP contribution in [0.3, 0.4) is 0 Å². The lowest BCUT2D eigenvalue weighted by Crippen LogP contribution is -2.38. The smallest absolute Gasteiger partial charge is 0.386 e. The number of ether oxygens (including phenoxy) is 2. The molecule has 0 aliphatic carbocycles. The fraction of sp³-hybridized carbons (Fsp3) is 0.455. The highest BCUT2D eigenvalue weighted by molar-refractivity contribution is 8.44. The fourth-order valence-corrected chi connectivity index (χ4v) is 8.33. The van der Waals surface area contributed by atoms with E-state index < -0.39 is 81.4 Å². The first-order valence-corrected chi connectivity index (χ1v) is 18.3. The van der Waals surface area contributed by atoms with Gasteiger partial charge in [0.2, 0.25) is 5.95 Å². The highest BCUT2D eigenvalue weighted by atomic mass is 32.7. The summed E-state index contributed by atoms with van der Waals surface area (Å²) in [4.78, 5) is 37.7. The zero-order chi connectivity index (χ0) is 31.0. The van der Waals surface area contributed by atoms with E-state index in [4.69, 9.17) is 45.1 Å². The number of aromatic nitrogens is 6. The predicted molar refractivity (Wildman–Crippen MR) is 156 cm³/mol. The first kappa shape index (κ1) is 30.3. The number of thiol groups is 1. The van der Waals surface area contributed by atoms with Gasteiger partial charge in [-0.2, -0.15) is 4.98 Å². The van der Waals surface area contributed by atoms with E-state index in [0.29, 0.717) is 11.0 Å². The number of nitrogens with one attached hydrogen (secondary N) is 1. The quantitative estimate of drug-likeness (QED) is 0.148. The zero-order valence-corrected chi connectivity index (χ0v) is 25.6. The number of imidazole rings is 2. The number of fused-ring (bicyclic) bond motifs is 4. The molecule has 7 rings (SSSR count). The molecule has 0 amide bonds. The van der Waals surface area contributed by atoms with Gasteiger partial charge in [-0.1, -0.05) is 24.4 Å². The Bertz CT molecular complexity index is 1890. The molecule has 0 bridgehead atoms. The Morgan fingerprint density at radius 2 is 1.77 bits per heavy atom. The van der Waals surface area contributed by atoms with Gasteiger partial charge in [0, 0.05) is 0 Å². The van der Waals surface area contributed by atoms with Crippen LogP contribution in [0.5, 0.6) is 0 Å². The number of nitrogens with two attached hydrogens (primary N) is 1. The molecular weight excluding hydrogens is 667 g/mol. The van der Waals surface area contributed by atoms with E-state index in [1.165, 1.54) is 6.33 Å². The van der Waals surface area contributed by atoms with Gasteiger partial charge in [-0.3, -0.25) is 27.9 Å². The van der Waals surface area contributed by atoms with Crippen molar-refractivity contribution >= 4 is 65.7 Å². The van der Waals surface area contributed by atoms with Gasteiger partial charge in [0.25, 0.3) is 5.56 Å². The number of benzene rings is 1. The summed E-state index contributed by atoms with van der Waals surface area (Å²) in [5, 5.41) is 11.2. The normalized spacial score (nSPS) is 38.3. The lowest BCUT2D eigenvalue weighted by atomic mass is 10.1. The standard InChI is InChI=1S/C22H24FN7O10P2S2/c23-13-16-11(37-20(13)30-8-26-14-18(30)27-22(24)28-19(14)32)5-35-42(34,44)40-17-12(6-36-41(33,43)39-16)38-21(15(17)31)29-7-25-9-3-1-2-4-10(9)29/h1-4,7-8,11-13,15-17,20-21,31H,5-6H2,(H,33,43)(H,34,44)(H3,24,27,28,32)/t11-,12-,13+,15?,16?,17+,20-,21-,41?,42?/m1/s1. The summed E-state index contributed by atoms with van der Waals surface area (Å²) in [5.41, 5.74) is 6.05. The summed E-state index contributed by atoms with van der Waals surface area (Å²) in [6, 6.07) is 7.12. The number of anilines is 1. The minimum atomic E-state index is -4.35. The molecule has 17 nitrogen and oxygen atoms in total. The third-order valence-electron chi connectivity index (χ3n) is 7.37. The number of halogens is 1. The highest BCUT2D eigenvalue weighted by Crippen LogP contribution is 2.58. The Labute approximate surface area is 256 Å². The van der Waals surface area contributed by atoms with Crippen LogP contribution < -0.4 is 11.3 Å². The molecule has 22 heteroatoms. The Kier molecular flexibility index (Phi) is 7.71. The van der Waals surface area contributed by atoms with Gasteiger partial charge in [-0.05, 0) is 23.9 Å². The Morgan fingerprint density at radius 1 is 1.07 bits per heavy atom. The Balaban J connectivity index is 1.17. The summed E-state index contributed by atoms with van der Waals surface area (Å²) in [5.74, 6) is -0.242. The van der Waals surface area contributed by atoms with Crippen molar-refractivity contribution < 1.29 is 46.5 Å². The van der Waals surface area contributed by atoms with Crippen LogP contribution in [0, 0.1) is 0 Å². The zero-order valence-electron chi connectivity index (χ0n) is 22.1. The van der Waals surface area contributed by atoms with E-state index in [9.17, 15) is 19.4 Å². The number of para-hydroxylation sites is 2. The second-order valence-electron chi connectivity index (χ2n) is 10.1. The predicted octanol–water partition coefficient (Wildman–Crippen LogP) is 1.32.